The van der Waals surface area contributed by atoms with E-state index in [1.165, 1.54) is 24.8 Å². The molecule has 0 spiro atoms. The smallest absolute Gasteiger partial charge is 0.170 e. The zero-order valence-electron chi connectivity index (χ0n) is 13.2. The summed E-state index contributed by atoms with van der Waals surface area (Å²) in [6.45, 7) is 3.91. The van der Waals surface area contributed by atoms with Crippen molar-refractivity contribution >= 4 is 5.84 Å². The Morgan fingerprint density at radius 1 is 1.43 bits per heavy atom. The van der Waals surface area contributed by atoms with E-state index in [9.17, 15) is 0 Å². The van der Waals surface area contributed by atoms with Crippen LogP contribution in [0.1, 0.15) is 36.0 Å². The Balaban J connectivity index is 1.95. The van der Waals surface area contributed by atoms with Gasteiger partial charge in [-0.1, -0.05) is 17.3 Å². The maximum Gasteiger partial charge on any atom is 0.170 e. The highest BCUT2D eigenvalue weighted by Gasteiger charge is 2.38. The lowest BCUT2D eigenvalue weighted by Gasteiger charge is -2.47. The van der Waals surface area contributed by atoms with E-state index in [2.05, 4.69) is 36.4 Å². The molecule has 0 amide bonds. The average Bonchev–Trinajstić information content (AvgIpc) is 2.41. The third kappa shape index (κ3) is 3.36. The van der Waals surface area contributed by atoms with Crippen LogP contribution in [0.15, 0.2) is 23.4 Å². The van der Waals surface area contributed by atoms with Crippen molar-refractivity contribution in [2.75, 3.05) is 20.6 Å². The minimum Gasteiger partial charge on any atom is -0.409 e. The van der Waals surface area contributed by atoms with Gasteiger partial charge in [-0.2, -0.15) is 0 Å². The van der Waals surface area contributed by atoms with E-state index in [4.69, 9.17) is 10.9 Å². The Hall–Kier alpha value is -1.59. The van der Waals surface area contributed by atoms with Crippen LogP contribution >= 0.6 is 0 Å². The second-order valence-electron chi connectivity index (χ2n) is 6.20. The Morgan fingerprint density at radius 2 is 2.14 bits per heavy atom. The maximum absolute atomic E-state index is 8.71. The van der Waals surface area contributed by atoms with Gasteiger partial charge in [0.25, 0.3) is 0 Å². The van der Waals surface area contributed by atoms with E-state index in [-0.39, 0.29) is 5.84 Å². The van der Waals surface area contributed by atoms with Gasteiger partial charge in [0.05, 0.1) is 0 Å². The summed E-state index contributed by atoms with van der Waals surface area (Å²) in [5, 5.41) is 15.3. The summed E-state index contributed by atoms with van der Waals surface area (Å²) in [5.74, 6) is 0.152. The quantitative estimate of drug-likeness (QED) is 0.322. The van der Waals surface area contributed by atoms with E-state index >= 15 is 0 Å². The average molecular weight is 290 g/mol. The highest BCUT2D eigenvalue weighted by Crippen LogP contribution is 2.35. The highest BCUT2D eigenvalue weighted by molar-refractivity contribution is 5.97. The standard InChI is InChI=1S/C16H26N4O/c1-12-9-13(15(17)19-21)5-6-14(12)10-18-11-16(20(2)3)7-4-8-16/h5-6,9,18,21H,4,7-8,10-11H2,1-3H3,(H2,17,19). The molecule has 2 rings (SSSR count). The maximum atomic E-state index is 8.71. The number of aryl methyl sites for hydroxylation is 1. The molecular weight excluding hydrogens is 264 g/mol. The van der Waals surface area contributed by atoms with Crippen molar-refractivity contribution in [1.29, 1.82) is 0 Å². The van der Waals surface area contributed by atoms with Gasteiger partial charge in [0.15, 0.2) is 5.84 Å². The second kappa shape index (κ2) is 6.45. The van der Waals surface area contributed by atoms with Crippen LogP contribution in [0.4, 0.5) is 0 Å². The Kier molecular flexibility index (Phi) is 4.85. The van der Waals surface area contributed by atoms with Crippen LogP contribution in [0, 0.1) is 6.92 Å². The largest absolute Gasteiger partial charge is 0.409 e. The number of hydrogen-bond donors (Lipinski definition) is 3. The Bertz CT molecular complexity index is 521. The summed E-state index contributed by atoms with van der Waals surface area (Å²) in [4.78, 5) is 2.35. The van der Waals surface area contributed by atoms with Gasteiger partial charge < -0.3 is 21.2 Å². The third-order valence-electron chi connectivity index (χ3n) is 4.75. The molecule has 0 saturated heterocycles. The molecule has 116 valence electrons. The molecule has 0 aromatic heterocycles. The molecule has 1 aliphatic carbocycles. The van der Waals surface area contributed by atoms with Crippen LogP contribution in [-0.2, 0) is 6.54 Å². The third-order valence-corrected chi connectivity index (χ3v) is 4.75. The number of nitrogens with two attached hydrogens (primary N) is 1. The van der Waals surface area contributed by atoms with Gasteiger partial charge in [0.2, 0.25) is 0 Å². The molecule has 21 heavy (non-hydrogen) atoms. The van der Waals surface area contributed by atoms with E-state index in [1.807, 2.05) is 18.2 Å². The number of likely N-dealkylation sites (N-methyl/N-ethyl adjacent to an activating group) is 1. The molecule has 1 fully saturated rings. The number of hydrogen-bond acceptors (Lipinski definition) is 4. The Morgan fingerprint density at radius 3 is 2.62 bits per heavy atom. The van der Waals surface area contributed by atoms with Gasteiger partial charge in [0, 0.05) is 24.2 Å². The zero-order valence-corrected chi connectivity index (χ0v) is 13.2. The summed E-state index contributed by atoms with van der Waals surface area (Å²) in [6.07, 6.45) is 3.87. The lowest BCUT2D eigenvalue weighted by atomic mass is 9.75. The number of rotatable bonds is 6. The normalized spacial score (nSPS) is 17.8. The van der Waals surface area contributed by atoms with Crippen molar-refractivity contribution < 1.29 is 5.21 Å². The second-order valence-corrected chi connectivity index (χ2v) is 6.20. The minimum atomic E-state index is 0.152. The van der Waals surface area contributed by atoms with Gasteiger partial charge >= 0.3 is 0 Å². The SMILES string of the molecule is Cc1cc(/C(N)=N/O)ccc1CNCC1(N(C)C)CCC1. The van der Waals surface area contributed by atoms with Crippen molar-refractivity contribution in [3.05, 3.63) is 34.9 Å². The van der Waals surface area contributed by atoms with Crippen LogP contribution in [0.3, 0.4) is 0 Å². The lowest BCUT2D eigenvalue weighted by molar-refractivity contribution is 0.0598. The van der Waals surface area contributed by atoms with Gasteiger partial charge in [-0.15, -0.1) is 0 Å². The fourth-order valence-electron chi connectivity index (χ4n) is 2.91. The first-order chi connectivity index (χ1) is 9.98. The number of nitrogens with zero attached hydrogens (tertiary/aromatic N) is 2. The van der Waals surface area contributed by atoms with Crippen molar-refractivity contribution in [1.82, 2.24) is 10.2 Å². The van der Waals surface area contributed by atoms with Crippen LogP contribution < -0.4 is 11.1 Å². The molecule has 1 aromatic carbocycles. The van der Waals surface area contributed by atoms with Gasteiger partial charge in [0.1, 0.15) is 0 Å². The molecule has 0 aliphatic heterocycles. The van der Waals surface area contributed by atoms with Crippen molar-refractivity contribution in [3.63, 3.8) is 0 Å². The highest BCUT2D eigenvalue weighted by atomic mass is 16.4. The molecule has 5 heteroatoms. The minimum absolute atomic E-state index is 0.152. The van der Waals surface area contributed by atoms with Crippen LogP contribution in [0.2, 0.25) is 0 Å². The first-order valence-corrected chi connectivity index (χ1v) is 7.44. The first-order valence-electron chi connectivity index (χ1n) is 7.44. The predicted molar refractivity (Wildman–Crippen MR) is 85.7 cm³/mol. The lowest BCUT2D eigenvalue weighted by Crippen LogP contribution is -2.56. The Labute approximate surface area is 126 Å². The number of oxime groups is 1. The summed E-state index contributed by atoms with van der Waals surface area (Å²) < 4.78 is 0. The first kappa shape index (κ1) is 15.8. The zero-order chi connectivity index (χ0) is 15.5. The van der Waals surface area contributed by atoms with Crippen molar-refractivity contribution in [3.8, 4) is 0 Å². The van der Waals surface area contributed by atoms with E-state index in [0.29, 0.717) is 5.54 Å². The molecule has 0 bridgehead atoms. The molecular formula is C16H26N4O. The van der Waals surface area contributed by atoms with E-state index in [1.54, 1.807) is 0 Å². The van der Waals surface area contributed by atoms with Crippen molar-refractivity contribution in [2.24, 2.45) is 10.9 Å². The molecule has 4 N–H and O–H groups in total. The van der Waals surface area contributed by atoms with Gasteiger partial charge in [-0.05, 0) is 57.5 Å². The number of amidine groups is 1. The van der Waals surface area contributed by atoms with Crippen molar-refractivity contribution in [2.45, 2.75) is 38.3 Å². The molecule has 5 nitrogen and oxygen atoms in total. The summed E-state index contributed by atoms with van der Waals surface area (Å²) >= 11 is 0. The summed E-state index contributed by atoms with van der Waals surface area (Å²) in [6, 6.07) is 5.89. The summed E-state index contributed by atoms with van der Waals surface area (Å²) in [7, 11) is 4.33. The van der Waals surface area contributed by atoms with Crippen LogP contribution in [0.25, 0.3) is 0 Å². The van der Waals surface area contributed by atoms with Gasteiger partial charge in [-0.3, -0.25) is 0 Å². The molecule has 0 atom stereocenters. The monoisotopic (exact) mass is 290 g/mol. The van der Waals surface area contributed by atoms with Gasteiger partial charge in [-0.25, -0.2) is 0 Å². The fourth-order valence-corrected chi connectivity index (χ4v) is 2.91. The topological polar surface area (TPSA) is 73.9 Å². The molecule has 0 unspecified atom stereocenters. The fraction of sp³-hybridized carbons (Fsp3) is 0.562. The van der Waals surface area contributed by atoms with E-state index in [0.717, 1.165) is 24.2 Å². The number of benzene rings is 1. The molecule has 1 aromatic rings. The van der Waals surface area contributed by atoms with Crippen LogP contribution in [0.5, 0.6) is 0 Å². The molecule has 0 radical (unpaired) electrons. The van der Waals surface area contributed by atoms with Crippen LogP contribution in [-0.4, -0.2) is 42.1 Å². The van der Waals surface area contributed by atoms with E-state index < -0.39 is 0 Å². The molecule has 1 aliphatic rings. The summed E-state index contributed by atoms with van der Waals surface area (Å²) in [5.41, 5.74) is 9.10. The molecule has 0 heterocycles. The predicted octanol–water partition coefficient (Wildman–Crippen LogP) is 1.66. The molecule has 1 saturated carbocycles. The number of nitrogens with one attached hydrogen (secondary N) is 1.